The van der Waals surface area contributed by atoms with Crippen LogP contribution in [0.15, 0.2) is 65.0 Å². The first kappa shape index (κ1) is 22.9. The minimum atomic E-state index is -0.249. The number of fused-ring (bicyclic) bond motifs is 1. The number of nitrogens with zero attached hydrogens (tertiary/aromatic N) is 5. The summed E-state index contributed by atoms with van der Waals surface area (Å²) < 4.78 is 3.25. The van der Waals surface area contributed by atoms with Crippen molar-refractivity contribution in [2.75, 3.05) is 0 Å². The van der Waals surface area contributed by atoms with E-state index in [0.29, 0.717) is 39.2 Å². The highest BCUT2D eigenvalue weighted by atomic mass is 35.5. The van der Waals surface area contributed by atoms with Crippen LogP contribution in [0.1, 0.15) is 22.6 Å². The molecule has 5 aromatic rings. The molecule has 1 aromatic carbocycles. The van der Waals surface area contributed by atoms with Gasteiger partial charge in [-0.15, -0.1) is 11.3 Å². The number of aromatic nitrogens is 5. The number of aryl methyl sites for hydroxylation is 2. The molecule has 35 heavy (non-hydrogen) atoms. The van der Waals surface area contributed by atoms with Gasteiger partial charge in [0.05, 0.1) is 23.4 Å². The van der Waals surface area contributed by atoms with Gasteiger partial charge in [0, 0.05) is 40.7 Å². The Labute approximate surface area is 209 Å². The number of rotatable bonds is 6. The largest absolute Gasteiger partial charge is 0.352 e. The Morgan fingerprint density at radius 2 is 1.94 bits per heavy atom. The number of carbonyl (C=O) groups is 1. The van der Waals surface area contributed by atoms with Crippen molar-refractivity contribution >= 4 is 33.8 Å². The zero-order chi connectivity index (χ0) is 24.5. The van der Waals surface area contributed by atoms with Crippen LogP contribution in [0.2, 0.25) is 5.02 Å². The van der Waals surface area contributed by atoms with Crippen LogP contribution in [-0.4, -0.2) is 30.1 Å². The summed E-state index contributed by atoms with van der Waals surface area (Å²) >= 11 is 7.48. The van der Waals surface area contributed by atoms with Gasteiger partial charge in [-0.3, -0.25) is 19.0 Å². The Balaban J connectivity index is 1.48. The molecular weight excluding hydrogens is 484 g/mol. The minimum Gasteiger partial charge on any atom is -0.352 e. The van der Waals surface area contributed by atoms with Crippen molar-refractivity contribution in [3.63, 3.8) is 0 Å². The normalized spacial score (nSPS) is 11.2. The fraction of sp³-hybridized carbons (Fsp3) is 0.160. The van der Waals surface area contributed by atoms with E-state index < -0.39 is 0 Å². The first-order valence-electron chi connectivity index (χ1n) is 10.9. The summed E-state index contributed by atoms with van der Waals surface area (Å²) in [4.78, 5) is 35.4. The molecular formula is C25H21ClN6O2S. The Kier molecular flexibility index (Phi) is 6.19. The zero-order valence-electron chi connectivity index (χ0n) is 19.0. The topological polar surface area (TPSA) is 94.2 Å². The van der Waals surface area contributed by atoms with E-state index in [1.54, 1.807) is 35.4 Å². The standard InChI is InChI=1S/C25H21ClN6O2S/c1-15-10-21(30-32(15)19-5-3-4-18(26)11-19)23-16(2)29-25-31(24(23)34)20(14-35-25)12-22(33)28-13-17-6-8-27-9-7-17/h3-11,14H,12-13H2,1-2H3,(H,28,33). The fourth-order valence-corrected chi connectivity index (χ4v) is 5.03. The van der Waals surface area contributed by atoms with Crippen LogP contribution >= 0.6 is 22.9 Å². The van der Waals surface area contributed by atoms with E-state index in [9.17, 15) is 9.59 Å². The second-order valence-corrected chi connectivity index (χ2v) is 9.37. The van der Waals surface area contributed by atoms with Crippen molar-refractivity contribution in [2.45, 2.75) is 26.8 Å². The zero-order valence-corrected chi connectivity index (χ0v) is 20.6. The van der Waals surface area contributed by atoms with Crippen LogP contribution in [0.5, 0.6) is 0 Å². The van der Waals surface area contributed by atoms with Crippen molar-refractivity contribution in [2.24, 2.45) is 0 Å². The van der Waals surface area contributed by atoms with Crippen LogP contribution in [0.4, 0.5) is 0 Å². The van der Waals surface area contributed by atoms with Gasteiger partial charge in [0.15, 0.2) is 4.96 Å². The van der Waals surface area contributed by atoms with Gasteiger partial charge in [0.2, 0.25) is 5.91 Å². The van der Waals surface area contributed by atoms with Crippen LogP contribution < -0.4 is 10.9 Å². The monoisotopic (exact) mass is 504 g/mol. The third-order valence-electron chi connectivity index (χ3n) is 5.60. The molecule has 0 aliphatic rings. The van der Waals surface area contributed by atoms with Gasteiger partial charge in [-0.05, 0) is 55.8 Å². The molecule has 0 bridgehead atoms. The van der Waals surface area contributed by atoms with E-state index in [4.69, 9.17) is 11.6 Å². The molecule has 1 N–H and O–H groups in total. The van der Waals surface area contributed by atoms with Crippen LogP contribution in [0.25, 0.3) is 21.9 Å². The van der Waals surface area contributed by atoms with Gasteiger partial charge in [0.25, 0.3) is 5.56 Å². The maximum atomic E-state index is 13.6. The number of carbonyl (C=O) groups excluding carboxylic acids is 1. The Morgan fingerprint density at radius 3 is 2.71 bits per heavy atom. The lowest BCUT2D eigenvalue weighted by molar-refractivity contribution is -0.120. The van der Waals surface area contributed by atoms with Gasteiger partial charge in [-0.25, -0.2) is 9.67 Å². The number of nitrogens with one attached hydrogen (secondary N) is 1. The second kappa shape index (κ2) is 9.44. The van der Waals surface area contributed by atoms with Gasteiger partial charge in [0.1, 0.15) is 5.69 Å². The molecule has 0 aliphatic carbocycles. The van der Waals surface area contributed by atoms with Gasteiger partial charge < -0.3 is 5.32 Å². The molecule has 1 amide bonds. The molecule has 4 aromatic heterocycles. The number of hydrogen-bond donors (Lipinski definition) is 1. The maximum absolute atomic E-state index is 13.6. The first-order valence-corrected chi connectivity index (χ1v) is 12.1. The predicted molar refractivity (Wildman–Crippen MR) is 136 cm³/mol. The SMILES string of the molecule is Cc1nc2scc(CC(=O)NCc3ccncc3)n2c(=O)c1-c1cc(C)n(-c2cccc(Cl)c2)n1. The van der Waals surface area contributed by atoms with Crippen molar-refractivity contribution in [1.29, 1.82) is 0 Å². The summed E-state index contributed by atoms with van der Waals surface area (Å²) in [6.45, 7) is 4.10. The van der Waals surface area contributed by atoms with Crippen molar-refractivity contribution in [3.05, 3.63) is 98.3 Å². The van der Waals surface area contributed by atoms with Crippen molar-refractivity contribution < 1.29 is 4.79 Å². The molecule has 0 unspecified atom stereocenters. The summed E-state index contributed by atoms with van der Waals surface area (Å²) in [5, 5.41) is 9.97. The summed E-state index contributed by atoms with van der Waals surface area (Å²) in [5.74, 6) is -0.184. The highest BCUT2D eigenvalue weighted by Crippen LogP contribution is 2.24. The third-order valence-corrected chi connectivity index (χ3v) is 6.71. The van der Waals surface area contributed by atoms with Gasteiger partial charge >= 0.3 is 0 Å². The number of pyridine rings is 1. The third kappa shape index (κ3) is 4.60. The highest BCUT2D eigenvalue weighted by molar-refractivity contribution is 7.15. The van der Waals surface area contributed by atoms with Crippen LogP contribution in [0.3, 0.4) is 0 Å². The molecule has 4 heterocycles. The summed E-state index contributed by atoms with van der Waals surface area (Å²) in [7, 11) is 0. The lowest BCUT2D eigenvalue weighted by Crippen LogP contribution is -2.27. The summed E-state index contributed by atoms with van der Waals surface area (Å²) in [6, 6.07) is 12.9. The number of benzene rings is 1. The molecule has 0 fully saturated rings. The van der Waals surface area contributed by atoms with E-state index in [-0.39, 0.29) is 17.9 Å². The fourth-order valence-electron chi connectivity index (χ4n) is 3.92. The maximum Gasteiger partial charge on any atom is 0.268 e. The lowest BCUT2D eigenvalue weighted by atomic mass is 10.1. The van der Waals surface area contributed by atoms with Gasteiger partial charge in [-0.2, -0.15) is 5.10 Å². The van der Waals surface area contributed by atoms with E-state index in [0.717, 1.165) is 16.9 Å². The summed E-state index contributed by atoms with van der Waals surface area (Å²) in [5.41, 5.74) is 4.45. The summed E-state index contributed by atoms with van der Waals surface area (Å²) in [6.07, 6.45) is 3.42. The highest BCUT2D eigenvalue weighted by Gasteiger charge is 2.20. The van der Waals surface area contributed by atoms with Crippen molar-refractivity contribution in [3.8, 4) is 16.9 Å². The molecule has 176 valence electrons. The average molecular weight is 505 g/mol. The molecule has 5 rings (SSSR count). The van der Waals surface area contributed by atoms with E-state index in [2.05, 4.69) is 20.4 Å². The number of thiazole rings is 1. The number of hydrogen-bond acceptors (Lipinski definition) is 6. The Hall–Kier alpha value is -3.82. The molecule has 0 atom stereocenters. The molecule has 8 nitrogen and oxygen atoms in total. The minimum absolute atomic E-state index is 0.0607. The van der Waals surface area contributed by atoms with E-state index in [1.165, 1.54) is 15.7 Å². The van der Waals surface area contributed by atoms with Gasteiger partial charge in [-0.1, -0.05) is 17.7 Å². The smallest absolute Gasteiger partial charge is 0.268 e. The van der Waals surface area contributed by atoms with Crippen LogP contribution in [0, 0.1) is 13.8 Å². The molecule has 0 spiro atoms. The molecule has 10 heteroatoms. The van der Waals surface area contributed by atoms with Crippen molar-refractivity contribution in [1.82, 2.24) is 29.5 Å². The average Bonchev–Trinajstić information content (AvgIpc) is 3.41. The number of halogens is 1. The molecule has 0 saturated carbocycles. The first-order chi connectivity index (χ1) is 16.9. The molecule has 0 aliphatic heterocycles. The lowest BCUT2D eigenvalue weighted by Gasteiger charge is -2.07. The van der Waals surface area contributed by atoms with Crippen LogP contribution in [-0.2, 0) is 17.8 Å². The van der Waals surface area contributed by atoms with E-state index >= 15 is 0 Å². The molecule has 0 radical (unpaired) electrons. The number of amides is 1. The van der Waals surface area contributed by atoms with E-state index in [1.807, 2.05) is 43.3 Å². The second-order valence-electron chi connectivity index (χ2n) is 8.09. The molecule has 0 saturated heterocycles. The predicted octanol–water partition coefficient (Wildman–Crippen LogP) is 4.13. The Morgan fingerprint density at radius 1 is 1.14 bits per heavy atom. The Bertz CT molecular complexity index is 1610. The quantitative estimate of drug-likeness (QED) is 0.375.